The fourth-order valence-electron chi connectivity index (χ4n) is 1.69. The zero-order chi connectivity index (χ0) is 9.94. The molecule has 0 aliphatic rings. The fraction of sp³-hybridized carbons (Fsp3) is 0.846. The van der Waals surface area contributed by atoms with Gasteiger partial charge in [0.05, 0.1) is 0 Å². The van der Waals surface area contributed by atoms with E-state index in [1.165, 1.54) is 51.4 Å². The highest BCUT2D eigenvalue weighted by Gasteiger charge is 2.02. The zero-order valence-electron chi connectivity index (χ0n) is 9.52. The van der Waals surface area contributed by atoms with Gasteiger partial charge in [-0.15, -0.1) is 6.58 Å². The summed E-state index contributed by atoms with van der Waals surface area (Å²) in [6.07, 6.45) is 13.1. The number of rotatable bonds is 9. The van der Waals surface area contributed by atoms with Gasteiger partial charge in [0.15, 0.2) is 0 Å². The second kappa shape index (κ2) is 9.83. The van der Waals surface area contributed by atoms with Crippen LogP contribution in [-0.4, -0.2) is 0 Å². The lowest BCUT2D eigenvalue weighted by atomic mass is 10.3. The van der Waals surface area contributed by atoms with Crippen LogP contribution in [-0.2, 0) is 0 Å². The molecule has 0 saturated heterocycles. The molecule has 0 aromatic carbocycles. The van der Waals surface area contributed by atoms with Gasteiger partial charge in [0.2, 0.25) is 0 Å². The molecule has 0 heterocycles. The van der Waals surface area contributed by atoms with Gasteiger partial charge in [0.25, 0.3) is 0 Å². The Balaban J connectivity index is 3.34. The Morgan fingerprint density at radius 2 is 1.54 bits per heavy atom. The van der Waals surface area contributed by atoms with Crippen molar-refractivity contribution in [2.45, 2.75) is 65.2 Å². The van der Waals surface area contributed by atoms with E-state index < -0.39 is 0 Å². The van der Waals surface area contributed by atoms with Gasteiger partial charge in [-0.05, 0) is 18.8 Å². The van der Waals surface area contributed by atoms with Crippen LogP contribution in [0.3, 0.4) is 0 Å². The highest BCUT2D eigenvalue weighted by Crippen LogP contribution is 2.17. The molecular formula is C13H26. The van der Waals surface area contributed by atoms with Crippen molar-refractivity contribution in [1.82, 2.24) is 0 Å². The summed E-state index contributed by atoms with van der Waals surface area (Å²) < 4.78 is 0. The molecule has 0 aromatic rings. The molecule has 0 aliphatic carbocycles. The summed E-state index contributed by atoms with van der Waals surface area (Å²) in [5.74, 6) is 0.790. The zero-order valence-corrected chi connectivity index (χ0v) is 9.52. The van der Waals surface area contributed by atoms with Crippen molar-refractivity contribution in [2.75, 3.05) is 0 Å². The van der Waals surface area contributed by atoms with Crippen molar-refractivity contribution in [3.63, 3.8) is 0 Å². The molecule has 13 heavy (non-hydrogen) atoms. The first-order valence-electron chi connectivity index (χ1n) is 5.97. The second-order valence-electron chi connectivity index (χ2n) is 3.99. The molecule has 0 amide bonds. The van der Waals surface area contributed by atoms with E-state index in [9.17, 15) is 0 Å². The van der Waals surface area contributed by atoms with Gasteiger partial charge in [-0.25, -0.2) is 0 Å². The van der Waals surface area contributed by atoms with Crippen LogP contribution >= 0.6 is 0 Å². The molecule has 0 aromatic heterocycles. The van der Waals surface area contributed by atoms with Crippen molar-refractivity contribution in [1.29, 1.82) is 0 Å². The Morgan fingerprint density at radius 1 is 1.08 bits per heavy atom. The van der Waals surface area contributed by atoms with E-state index in [-0.39, 0.29) is 0 Å². The maximum absolute atomic E-state index is 3.92. The van der Waals surface area contributed by atoms with E-state index in [1.807, 2.05) is 0 Å². The average molecular weight is 186 g/mol. The fourth-order valence-corrected chi connectivity index (χ4v) is 1.69. The van der Waals surface area contributed by atoms with Crippen LogP contribution in [0.4, 0.5) is 0 Å². The lowest BCUT2D eigenvalue weighted by Crippen LogP contribution is -1.96. The van der Waals surface area contributed by atoms with Crippen LogP contribution in [0, 0.1) is 5.92 Å². The summed E-state index contributed by atoms with van der Waals surface area (Å²) in [7, 11) is 0. The Hall–Kier alpha value is -0.260. The van der Waals surface area contributed by atoms with Crippen LogP contribution in [0.25, 0.3) is 0 Å². The van der Waals surface area contributed by atoms with Crippen LogP contribution < -0.4 is 0 Å². The van der Waals surface area contributed by atoms with Crippen LogP contribution in [0.5, 0.6) is 0 Å². The lowest BCUT2D eigenvalue weighted by Gasteiger charge is -2.11. The van der Waals surface area contributed by atoms with E-state index in [0.717, 1.165) is 5.92 Å². The molecule has 0 heteroatoms. The summed E-state index contributed by atoms with van der Waals surface area (Å²) >= 11 is 0. The topological polar surface area (TPSA) is 0 Å². The lowest BCUT2D eigenvalue weighted by molar-refractivity contribution is 0.482. The summed E-state index contributed by atoms with van der Waals surface area (Å²) in [4.78, 5) is 0. The smallest absolute Gasteiger partial charge is 0.0236 e. The van der Waals surface area contributed by atoms with Crippen molar-refractivity contribution in [3.8, 4) is 0 Å². The minimum atomic E-state index is 0.790. The minimum absolute atomic E-state index is 0.790. The molecule has 0 fully saturated rings. The van der Waals surface area contributed by atoms with Gasteiger partial charge >= 0.3 is 0 Å². The maximum atomic E-state index is 3.92. The maximum Gasteiger partial charge on any atom is -0.0236 e. The normalized spacial score (nSPS) is 10.7. The molecule has 0 radical (unpaired) electrons. The Morgan fingerprint density at radius 3 is 1.85 bits per heavy atom. The highest BCUT2D eigenvalue weighted by atomic mass is 15.1. The van der Waals surface area contributed by atoms with Crippen molar-refractivity contribution < 1.29 is 0 Å². The van der Waals surface area contributed by atoms with Gasteiger partial charge in [-0.3, -0.25) is 0 Å². The molecule has 0 rings (SSSR count). The number of unbranched alkanes of at least 4 members (excludes halogenated alkanes) is 4. The molecule has 0 spiro atoms. The third-order valence-electron chi connectivity index (χ3n) is 2.69. The predicted octanol–water partition coefficient (Wildman–Crippen LogP) is 4.95. The van der Waals surface area contributed by atoms with Gasteiger partial charge in [-0.2, -0.15) is 0 Å². The highest BCUT2D eigenvalue weighted by molar-refractivity contribution is 4.78. The number of allylic oxidation sites excluding steroid dienone is 1. The first kappa shape index (κ1) is 12.7. The molecule has 0 bridgehead atoms. The monoisotopic (exact) mass is 186 g/mol. The largest absolute Gasteiger partial charge is 0.103 e. The first-order valence-corrected chi connectivity index (χ1v) is 5.97. The van der Waals surface area contributed by atoms with E-state index in [1.54, 1.807) is 0 Å². The SMILES string of the molecule is C=CC([14CH2]CCCC)[14CH2]CCCC. The molecule has 78 valence electrons. The van der Waals surface area contributed by atoms with Crippen molar-refractivity contribution in [2.24, 2.45) is 5.92 Å². The molecule has 0 unspecified atom stereocenters. The minimum Gasteiger partial charge on any atom is -0.103 e. The van der Waals surface area contributed by atoms with Gasteiger partial charge in [-0.1, -0.05) is 58.4 Å². The Kier molecular flexibility index (Phi) is 9.63. The van der Waals surface area contributed by atoms with Crippen LogP contribution in [0.2, 0.25) is 0 Å². The van der Waals surface area contributed by atoms with Crippen molar-refractivity contribution in [3.05, 3.63) is 12.7 Å². The third-order valence-corrected chi connectivity index (χ3v) is 2.69. The van der Waals surface area contributed by atoms with Crippen molar-refractivity contribution >= 4 is 0 Å². The summed E-state index contributed by atoms with van der Waals surface area (Å²) in [6, 6.07) is 0. The Bertz CT molecular complexity index is 94.6. The van der Waals surface area contributed by atoms with E-state index in [2.05, 4.69) is 26.5 Å². The van der Waals surface area contributed by atoms with E-state index in [4.69, 9.17) is 0 Å². The predicted molar refractivity (Wildman–Crippen MR) is 62.0 cm³/mol. The van der Waals surface area contributed by atoms with Gasteiger partial charge in [0, 0.05) is 0 Å². The molecule has 0 N–H and O–H groups in total. The van der Waals surface area contributed by atoms with Crippen LogP contribution in [0.1, 0.15) is 65.2 Å². The van der Waals surface area contributed by atoms with Gasteiger partial charge < -0.3 is 0 Å². The second-order valence-corrected chi connectivity index (χ2v) is 3.99. The standard InChI is InChI=1S/C13H26/c1-4-7-9-11-13(6-3)12-10-8-5-2/h6,13H,3-5,7-12H2,1-2H3/i11+2,12+2. The molecular weight excluding hydrogens is 160 g/mol. The van der Waals surface area contributed by atoms with E-state index in [0.29, 0.717) is 0 Å². The third kappa shape index (κ3) is 8.08. The molecule has 0 saturated carbocycles. The summed E-state index contributed by atoms with van der Waals surface area (Å²) in [5.41, 5.74) is 0. The van der Waals surface area contributed by atoms with Crippen LogP contribution in [0.15, 0.2) is 12.7 Å². The number of hydrogen-bond donors (Lipinski definition) is 0. The van der Waals surface area contributed by atoms with Gasteiger partial charge in [0.1, 0.15) is 0 Å². The Labute approximate surface area is 84.4 Å². The molecule has 0 nitrogen and oxygen atoms in total. The number of hydrogen-bond acceptors (Lipinski definition) is 0. The summed E-state index contributed by atoms with van der Waals surface area (Å²) in [6.45, 7) is 8.45. The molecule has 0 aliphatic heterocycles. The molecule has 0 atom stereocenters. The first-order chi connectivity index (χ1) is 6.35. The van der Waals surface area contributed by atoms with E-state index >= 15 is 0 Å². The summed E-state index contributed by atoms with van der Waals surface area (Å²) in [5, 5.41) is 0. The average Bonchev–Trinajstić information content (AvgIpc) is 2.16. The quantitative estimate of drug-likeness (QED) is 0.353.